The summed E-state index contributed by atoms with van der Waals surface area (Å²) in [5.74, 6) is -0.348. The minimum Gasteiger partial charge on any atom is -0.507 e. The van der Waals surface area contributed by atoms with Crippen molar-refractivity contribution < 1.29 is 24.2 Å². The van der Waals surface area contributed by atoms with Crippen molar-refractivity contribution in [1.29, 1.82) is 0 Å². The first kappa shape index (κ1) is 26.7. The maximum Gasteiger partial charge on any atom is 0.295 e. The molecule has 4 rings (SSSR count). The molecule has 2 aromatic carbocycles. The number of amides is 1. The Morgan fingerprint density at radius 1 is 1.00 bits per heavy atom. The Hall–Kier alpha value is -3.32. The van der Waals surface area contributed by atoms with Gasteiger partial charge in [-0.15, -0.1) is 0 Å². The van der Waals surface area contributed by atoms with E-state index < -0.39 is 17.7 Å². The zero-order valence-electron chi connectivity index (χ0n) is 22.5. The van der Waals surface area contributed by atoms with E-state index in [1.807, 2.05) is 24.3 Å². The highest BCUT2D eigenvalue weighted by Crippen LogP contribution is 2.41. The molecule has 0 aromatic heterocycles. The summed E-state index contributed by atoms with van der Waals surface area (Å²) in [7, 11) is 0. The van der Waals surface area contributed by atoms with Gasteiger partial charge in [0, 0.05) is 12.1 Å². The number of nitrogens with zero attached hydrogens (tertiary/aromatic N) is 2. The van der Waals surface area contributed by atoms with E-state index >= 15 is 0 Å². The van der Waals surface area contributed by atoms with Gasteiger partial charge in [-0.3, -0.25) is 9.59 Å². The first-order chi connectivity index (χ1) is 17.7. The third-order valence-electron chi connectivity index (χ3n) is 7.22. The smallest absolute Gasteiger partial charge is 0.295 e. The lowest BCUT2D eigenvalue weighted by molar-refractivity contribution is -0.140. The number of ketones is 1. The number of Topliss-reactive ketones (excluding diaryl/α,β-unsaturated/α-hetero) is 1. The number of carbonyl (C=O) groups excluding carboxylic acids is 2. The van der Waals surface area contributed by atoms with Crippen LogP contribution in [0.25, 0.3) is 5.76 Å². The molecule has 0 spiro atoms. The monoisotopic (exact) mass is 506 g/mol. The summed E-state index contributed by atoms with van der Waals surface area (Å²) in [6.07, 6.45) is 0.731. The van der Waals surface area contributed by atoms with Gasteiger partial charge in [0.2, 0.25) is 0 Å². The van der Waals surface area contributed by atoms with E-state index in [4.69, 9.17) is 9.47 Å². The van der Waals surface area contributed by atoms with Gasteiger partial charge < -0.3 is 24.4 Å². The Morgan fingerprint density at radius 2 is 1.65 bits per heavy atom. The van der Waals surface area contributed by atoms with Crippen molar-refractivity contribution in [3.8, 4) is 11.5 Å². The lowest BCUT2D eigenvalue weighted by Crippen LogP contribution is -2.33. The summed E-state index contributed by atoms with van der Waals surface area (Å²) in [6, 6.07) is 12.4. The molecule has 1 amide bonds. The quantitative estimate of drug-likeness (QED) is 0.311. The molecule has 2 aliphatic heterocycles. The van der Waals surface area contributed by atoms with Gasteiger partial charge in [-0.05, 0) is 60.8 Å². The van der Waals surface area contributed by atoms with E-state index in [1.54, 1.807) is 23.1 Å². The minimum absolute atomic E-state index is 0.0324. The molecular formula is C30H38N2O5. The fourth-order valence-corrected chi connectivity index (χ4v) is 4.97. The lowest BCUT2D eigenvalue weighted by atomic mass is 9.85. The molecule has 2 aliphatic rings. The summed E-state index contributed by atoms with van der Waals surface area (Å²) < 4.78 is 11.3. The van der Waals surface area contributed by atoms with E-state index in [1.165, 1.54) is 0 Å². The molecule has 2 heterocycles. The van der Waals surface area contributed by atoms with Crippen molar-refractivity contribution in [1.82, 2.24) is 9.80 Å². The fourth-order valence-electron chi connectivity index (χ4n) is 4.97. The molecule has 1 fully saturated rings. The SMILES string of the molecule is CCN(CC)CCCN1C(=O)C(=O)C(=C(O)c2ccc3c(c2)OCCO3)[C@@H]1c1ccc(C(C)(C)C)cc1. The van der Waals surface area contributed by atoms with Crippen LogP contribution in [0.2, 0.25) is 0 Å². The molecule has 2 aromatic rings. The largest absolute Gasteiger partial charge is 0.507 e. The summed E-state index contributed by atoms with van der Waals surface area (Å²) in [5.41, 5.74) is 2.44. The molecule has 198 valence electrons. The fraction of sp³-hybridized carbons (Fsp3) is 0.467. The normalized spacial score (nSPS) is 19.1. The van der Waals surface area contributed by atoms with Crippen molar-refractivity contribution in [2.24, 2.45) is 0 Å². The van der Waals surface area contributed by atoms with Gasteiger partial charge in [0.25, 0.3) is 11.7 Å². The summed E-state index contributed by atoms with van der Waals surface area (Å²) in [4.78, 5) is 30.5. The van der Waals surface area contributed by atoms with Crippen LogP contribution < -0.4 is 9.47 Å². The van der Waals surface area contributed by atoms with E-state index in [0.717, 1.165) is 37.2 Å². The number of carbonyl (C=O) groups is 2. The second kappa shape index (κ2) is 11.0. The molecule has 1 saturated heterocycles. The van der Waals surface area contributed by atoms with Gasteiger partial charge >= 0.3 is 0 Å². The number of aliphatic hydroxyl groups is 1. The van der Waals surface area contributed by atoms with Crippen LogP contribution in [0.4, 0.5) is 0 Å². The number of hydrogen-bond acceptors (Lipinski definition) is 6. The first-order valence-corrected chi connectivity index (χ1v) is 13.2. The Balaban J connectivity index is 1.75. The van der Waals surface area contributed by atoms with Gasteiger partial charge in [-0.2, -0.15) is 0 Å². The molecule has 1 atom stereocenters. The van der Waals surface area contributed by atoms with Gasteiger partial charge in [0.1, 0.15) is 19.0 Å². The number of rotatable bonds is 8. The predicted octanol–water partition coefficient (Wildman–Crippen LogP) is 4.91. The van der Waals surface area contributed by atoms with Crippen LogP contribution in [0.5, 0.6) is 11.5 Å². The molecule has 0 aliphatic carbocycles. The molecule has 0 saturated carbocycles. The van der Waals surface area contributed by atoms with E-state index in [-0.39, 0.29) is 16.7 Å². The summed E-state index contributed by atoms with van der Waals surface area (Å²) in [6.45, 7) is 14.6. The van der Waals surface area contributed by atoms with Crippen LogP contribution in [0.1, 0.15) is 63.8 Å². The Kier molecular flexibility index (Phi) is 7.93. The minimum atomic E-state index is -0.668. The Labute approximate surface area is 219 Å². The zero-order chi connectivity index (χ0) is 26.7. The highest BCUT2D eigenvalue weighted by Gasteiger charge is 2.46. The molecule has 0 unspecified atom stereocenters. The van der Waals surface area contributed by atoms with E-state index in [9.17, 15) is 14.7 Å². The van der Waals surface area contributed by atoms with Crippen LogP contribution >= 0.6 is 0 Å². The number of likely N-dealkylation sites (tertiary alicyclic amines) is 1. The number of fused-ring (bicyclic) bond motifs is 1. The molecule has 7 nitrogen and oxygen atoms in total. The molecule has 0 bridgehead atoms. The van der Waals surface area contributed by atoms with Crippen LogP contribution in [0, 0.1) is 0 Å². The third-order valence-corrected chi connectivity index (χ3v) is 7.22. The van der Waals surface area contributed by atoms with Crippen molar-refractivity contribution in [2.75, 3.05) is 39.4 Å². The molecule has 1 N–H and O–H groups in total. The van der Waals surface area contributed by atoms with Gasteiger partial charge in [-0.25, -0.2) is 0 Å². The van der Waals surface area contributed by atoms with Gasteiger partial charge in [-0.1, -0.05) is 58.9 Å². The Morgan fingerprint density at radius 3 is 2.27 bits per heavy atom. The van der Waals surface area contributed by atoms with Crippen molar-refractivity contribution in [2.45, 2.75) is 52.5 Å². The Bertz CT molecular complexity index is 1180. The number of ether oxygens (including phenoxy) is 2. The second-order valence-electron chi connectivity index (χ2n) is 10.6. The number of aliphatic hydroxyl groups excluding tert-OH is 1. The average Bonchev–Trinajstić information content (AvgIpc) is 3.15. The average molecular weight is 507 g/mol. The summed E-state index contributed by atoms with van der Waals surface area (Å²) >= 11 is 0. The van der Waals surface area contributed by atoms with Crippen LogP contribution in [0.15, 0.2) is 48.0 Å². The van der Waals surface area contributed by atoms with E-state index in [0.29, 0.717) is 36.8 Å². The molecule has 0 radical (unpaired) electrons. The second-order valence-corrected chi connectivity index (χ2v) is 10.6. The molecular weight excluding hydrogens is 468 g/mol. The number of hydrogen-bond donors (Lipinski definition) is 1. The highest BCUT2D eigenvalue weighted by molar-refractivity contribution is 6.46. The van der Waals surface area contributed by atoms with Crippen LogP contribution in [-0.4, -0.2) is 66.0 Å². The van der Waals surface area contributed by atoms with Crippen LogP contribution in [-0.2, 0) is 15.0 Å². The van der Waals surface area contributed by atoms with Gasteiger partial charge in [0.15, 0.2) is 11.5 Å². The highest BCUT2D eigenvalue weighted by atomic mass is 16.6. The first-order valence-electron chi connectivity index (χ1n) is 13.2. The topological polar surface area (TPSA) is 79.3 Å². The summed E-state index contributed by atoms with van der Waals surface area (Å²) in [5, 5.41) is 11.4. The van der Waals surface area contributed by atoms with Crippen molar-refractivity contribution in [3.05, 3.63) is 64.7 Å². The maximum absolute atomic E-state index is 13.4. The van der Waals surface area contributed by atoms with Crippen LogP contribution in [0.3, 0.4) is 0 Å². The lowest BCUT2D eigenvalue weighted by Gasteiger charge is -2.27. The standard InChI is InChI=1S/C30H38N2O5/c1-6-31(7-2)15-8-16-32-26(20-9-12-22(13-10-20)30(3,4)5)25(28(34)29(32)35)27(33)21-11-14-23-24(19-21)37-18-17-36-23/h9-14,19,26,33H,6-8,15-18H2,1-5H3/t26-/m0/s1. The van der Waals surface area contributed by atoms with Crippen molar-refractivity contribution in [3.63, 3.8) is 0 Å². The third kappa shape index (κ3) is 5.52. The molecule has 7 heteroatoms. The predicted molar refractivity (Wildman–Crippen MR) is 144 cm³/mol. The zero-order valence-corrected chi connectivity index (χ0v) is 22.5. The van der Waals surface area contributed by atoms with Gasteiger partial charge in [0.05, 0.1) is 11.6 Å². The van der Waals surface area contributed by atoms with Crippen molar-refractivity contribution >= 4 is 17.4 Å². The molecule has 37 heavy (non-hydrogen) atoms. The number of benzene rings is 2. The van der Waals surface area contributed by atoms with E-state index in [2.05, 4.69) is 39.5 Å². The maximum atomic E-state index is 13.4.